The maximum atomic E-state index is 5.67. The molecule has 1 fully saturated rings. The van der Waals surface area contributed by atoms with E-state index < -0.39 is 0 Å². The topological polar surface area (TPSA) is 47.3 Å². The van der Waals surface area contributed by atoms with E-state index in [0.29, 0.717) is 0 Å². The van der Waals surface area contributed by atoms with Gasteiger partial charge in [0.05, 0.1) is 11.6 Å². The molecule has 1 unspecified atom stereocenters. The molecule has 0 aliphatic heterocycles. The average Bonchev–Trinajstić information content (AvgIpc) is 2.69. The van der Waals surface area contributed by atoms with E-state index in [1.165, 1.54) is 12.8 Å². The molecule has 3 nitrogen and oxygen atoms in total. The zero-order valence-corrected chi connectivity index (χ0v) is 9.09. The lowest BCUT2D eigenvalue weighted by Gasteiger charge is -2.35. The number of methoxy groups -OCH3 is 1. The first-order valence-corrected chi connectivity index (χ1v) is 5.41. The third-order valence-electron chi connectivity index (χ3n) is 3.35. The van der Waals surface area contributed by atoms with Crippen LogP contribution in [0.5, 0.6) is 0 Å². The predicted molar refractivity (Wildman–Crippen MR) is 58.8 cm³/mol. The van der Waals surface area contributed by atoms with Crippen LogP contribution in [0, 0.1) is 0 Å². The third kappa shape index (κ3) is 2.35. The SMILES string of the molecule is C=CCCC(NN)C1(OC)CCCC1. The van der Waals surface area contributed by atoms with Crippen molar-refractivity contribution in [2.75, 3.05) is 7.11 Å². The summed E-state index contributed by atoms with van der Waals surface area (Å²) in [6, 6.07) is 0.257. The molecule has 1 atom stereocenters. The van der Waals surface area contributed by atoms with E-state index in [2.05, 4.69) is 12.0 Å². The summed E-state index contributed by atoms with van der Waals surface area (Å²) in [5, 5.41) is 0. The quantitative estimate of drug-likeness (QED) is 0.388. The number of hydrazine groups is 1. The number of nitrogens with two attached hydrogens (primary N) is 1. The third-order valence-corrected chi connectivity index (χ3v) is 3.35. The fourth-order valence-corrected chi connectivity index (χ4v) is 2.45. The van der Waals surface area contributed by atoms with E-state index in [1.807, 2.05) is 6.08 Å². The van der Waals surface area contributed by atoms with E-state index in [9.17, 15) is 0 Å². The average molecular weight is 198 g/mol. The van der Waals surface area contributed by atoms with Crippen LogP contribution in [0.1, 0.15) is 38.5 Å². The van der Waals surface area contributed by atoms with Crippen molar-refractivity contribution in [1.82, 2.24) is 5.43 Å². The van der Waals surface area contributed by atoms with Crippen molar-refractivity contribution < 1.29 is 4.74 Å². The van der Waals surface area contributed by atoms with Crippen LogP contribution in [-0.4, -0.2) is 18.8 Å². The van der Waals surface area contributed by atoms with Crippen LogP contribution in [0.25, 0.3) is 0 Å². The van der Waals surface area contributed by atoms with Gasteiger partial charge in [0.1, 0.15) is 0 Å². The van der Waals surface area contributed by atoms with Crippen LogP contribution < -0.4 is 11.3 Å². The van der Waals surface area contributed by atoms with E-state index in [0.717, 1.165) is 25.7 Å². The van der Waals surface area contributed by atoms with Crippen molar-refractivity contribution in [2.45, 2.75) is 50.2 Å². The Morgan fingerprint density at radius 3 is 2.64 bits per heavy atom. The summed E-state index contributed by atoms with van der Waals surface area (Å²) >= 11 is 0. The van der Waals surface area contributed by atoms with Crippen LogP contribution in [-0.2, 0) is 4.74 Å². The lowest BCUT2D eigenvalue weighted by Crippen LogP contribution is -2.53. The first-order chi connectivity index (χ1) is 6.79. The van der Waals surface area contributed by atoms with Crippen molar-refractivity contribution in [3.8, 4) is 0 Å². The monoisotopic (exact) mass is 198 g/mol. The van der Waals surface area contributed by atoms with Gasteiger partial charge < -0.3 is 4.74 Å². The summed E-state index contributed by atoms with van der Waals surface area (Å²) in [7, 11) is 1.80. The molecule has 0 bridgehead atoms. The molecule has 1 rings (SSSR count). The lowest BCUT2D eigenvalue weighted by molar-refractivity contribution is -0.0375. The second-order valence-electron chi connectivity index (χ2n) is 4.06. The molecule has 0 heterocycles. The van der Waals surface area contributed by atoms with Gasteiger partial charge in [-0.2, -0.15) is 0 Å². The predicted octanol–water partition coefficient (Wildman–Crippen LogP) is 1.74. The van der Waals surface area contributed by atoms with Gasteiger partial charge in [-0.25, -0.2) is 0 Å². The fourth-order valence-electron chi connectivity index (χ4n) is 2.45. The van der Waals surface area contributed by atoms with Crippen LogP contribution in [0.4, 0.5) is 0 Å². The van der Waals surface area contributed by atoms with Crippen LogP contribution in [0.3, 0.4) is 0 Å². The minimum Gasteiger partial charge on any atom is -0.377 e. The summed E-state index contributed by atoms with van der Waals surface area (Å²) in [5.74, 6) is 5.59. The normalized spacial score (nSPS) is 22.1. The smallest absolute Gasteiger partial charge is 0.0844 e. The molecule has 0 aromatic rings. The molecule has 0 aromatic heterocycles. The number of rotatable bonds is 6. The molecular weight excluding hydrogens is 176 g/mol. The molecule has 0 spiro atoms. The first kappa shape index (κ1) is 11.7. The Morgan fingerprint density at radius 2 is 2.21 bits per heavy atom. The number of nitrogens with one attached hydrogen (secondary N) is 1. The largest absolute Gasteiger partial charge is 0.377 e. The van der Waals surface area contributed by atoms with Crippen LogP contribution in [0.2, 0.25) is 0 Å². The van der Waals surface area contributed by atoms with Gasteiger partial charge >= 0.3 is 0 Å². The highest BCUT2D eigenvalue weighted by Gasteiger charge is 2.40. The van der Waals surface area contributed by atoms with Gasteiger partial charge in [0.15, 0.2) is 0 Å². The number of hydrogen-bond donors (Lipinski definition) is 2. The molecule has 1 saturated carbocycles. The van der Waals surface area contributed by atoms with E-state index in [4.69, 9.17) is 10.6 Å². The number of ether oxygens (including phenoxy) is 1. The lowest BCUT2D eigenvalue weighted by atomic mass is 9.89. The summed E-state index contributed by atoms with van der Waals surface area (Å²) in [4.78, 5) is 0. The Kier molecular flexibility index (Phi) is 4.58. The Bertz CT molecular complexity index is 176. The zero-order valence-electron chi connectivity index (χ0n) is 9.09. The van der Waals surface area contributed by atoms with E-state index >= 15 is 0 Å². The van der Waals surface area contributed by atoms with E-state index in [-0.39, 0.29) is 11.6 Å². The van der Waals surface area contributed by atoms with Gasteiger partial charge in [0.2, 0.25) is 0 Å². The van der Waals surface area contributed by atoms with Crippen LogP contribution in [0.15, 0.2) is 12.7 Å². The first-order valence-electron chi connectivity index (χ1n) is 5.41. The highest BCUT2D eigenvalue weighted by Crippen LogP contribution is 2.36. The van der Waals surface area contributed by atoms with Crippen molar-refractivity contribution in [2.24, 2.45) is 5.84 Å². The summed E-state index contributed by atoms with van der Waals surface area (Å²) < 4.78 is 5.67. The Balaban J connectivity index is 2.58. The summed E-state index contributed by atoms with van der Waals surface area (Å²) in [6.07, 6.45) is 8.67. The highest BCUT2D eigenvalue weighted by atomic mass is 16.5. The molecule has 0 saturated heterocycles. The molecule has 14 heavy (non-hydrogen) atoms. The summed E-state index contributed by atoms with van der Waals surface area (Å²) in [6.45, 7) is 3.73. The number of hydrogen-bond acceptors (Lipinski definition) is 3. The Hall–Kier alpha value is -0.380. The van der Waals surface area contributed by atoms with Gasteiger partial charge in [-0.3, -0.25) is 11.3 Å². The standard InChI is InChI=1S/C11H22N2O/c1-3-4-7-10(13-12)11(14-2)8-5-6-9-11/h3,10,13H,1,4-9,12H2,2H3. The van der Waals surface area contributed by atoms with Gasteiger partial charge in [-0.05, 0) is 25.7 Å². The van der Waals surface area contributed by atoms with E-state index in [1.54, 1.807) is 7.11 Å². The Morgan fingerprint density at radius 1 is 1.57 bits per heavy atom. The minimum absolute atomic E-state index is 0.0300. The van der Waals surface area contributed by atoms with Crippen molar-refractivity contribution in [3.05, 3.63) is 12.7 Å². The van der Waals surface area contributed by atoms with Gasteiger partial charge in [-0.15, -0.1) is 6.58 Å². The van der Waals surface area contributed by atoms with Gasteiger partial charge in [-0.1, -0.05) is 18.9 Å². The molecule has 1 aliphatic rings. The summed E-state index contributed by atoms with van der Waals surface area (Å²) in [5.41, 5.74) is 2.87. The van der Waals surface area contributed by atoms with Crippen LogP contribution >= 0.6 is 0 Å². The maximum Gasteiger partial charge on any atom is 0.0844 e. The van der Waals surface area contributed by atoms with Crippen molar-refractivity contribution in [1.29, 1.82) is 0 Å². The van der Waals surface area contributed by atoms with Gasteiger partial charge in [0, 0.05) is 7.11 Å². The molecule has 3 heteroatoms. The molecule has 1 aliphatic carbocycles. The molecule has 0 amide bonds. The highest BCUT2D eigenvalue weighted by molar-refractivity contribution is 4.96. The molecule has 3 N–H and O–H groups in total. The molecule has 0 radical (unpaired) electrons. The van der Waals surface area contributed by atoms with Gasteiger partial charge in [0.25, 0.3) is 0 Å². The number of allylic oxidation sites excluding steroid dienone is 1. The molecule has 0 aromatic carbocycles. The molecule has 82 valence electrons. The Labute approximate surface area is 86.7 Å². The molecular formula is C11H22N2O. The fraction of sp³-hybridized carbons (Fsp3) is 0.818. The maximum absolute atomic E-state index is 5.67. The second-order valence-corrected chi connectivity index (χ2v) is 4.06. The zero-order chi connectivity index (χ0) is 10.4. The van der Waals surface area contributed by atoms with Crippen molar-refractivity contribution >= 4 is 0 Å². The van der Waals surface area contributed by atoms with Crippen molar-refractivity contribution in [3.63, 3.8) is 0 Å². The second kappa shape index (κ2) is 5.49. The minimum atomic E-state index is -0.0300.